The minimum absolute atomic E-state index is 0. The summed E-state index contributed by atoms with van der Waals surface area (Å²) in [4.78, 5) is 13.3. The molecule has 6 nitrogen and oxygen atoms in total. The highest BCUT2D eigenvalue weighted by Crippen LogP contribution is 2.42. The second-order valence-electron chi connectivity index (χ2n) is 8.37. The average molecular weight is 619 g/mol. The highest BCUT2D eigenvalue weighted by atomic mass is 127. The first kappa shape index (κ1) is 26.0. The lowest BCUT2D eigenvalue weighted by Gasteiger charge is -2.36. The van der Waals surface area contributed by atoms with Crippen LogP contribution < -0.4 is 34.4 Å². The number of carbonyl (C=O) groups excluding carboxylic acids is 1. The molecule has 0 aliphatic carbocycles. The summed E-state index contributed by atoms with van der Waals surface area (Å²) in [6, 6.07) is 14.0. The molecule has 2 heterocycles. The number of rotatable bonds is 4. The molecule has 0 unspecified atom stereocenters. The normalized spacial score (nSPS) is 21.5. The van der Waals surface area contributed by atoms with Crippen molar-refractivity contribution in [3.63, 3.8) is 0 Å². The van der Waals surface area contributed by atoms with E-state index in [4.69, 9.17) is 34.8 Å². The Balaban J connectivity index is 0.00000306. The van der Waals surface area contributed by atoms with Gasteiger partial charge < -0.3 is 24.0 Å². The summed E-state index contributed by atoms with van der Waals surface area (Å²) in [5.41, 5.74) is 4.63. The molecule has 2 aromatic rings. The highest BCUT2D eigenvalue weighted by molar-refractivity contribution is 6.41. The van der Waals surface area contributed by atoms with Gasteiger partial charge in [-0.15, -0.1) is 0 Å². The number of nitrogens with one attached hydrogen (secondary N) is 1. The van der Waals surface area contributed by atoms with Gasteiger partial charge in [-0.05, 0) is 55.2 Å². The van der Waals surface area contributed by atoms with Crippen LogP contribution in [0.5, 0.6) is 0 Å². The van der Waals surface area contributed by atoms with Crippen molar-refractivity contribution >= 4 is 52.1 Å². The average Bonchev–Trinajstić information content (AvgIpc) is 3.14. The van der Waals surface area contributed by atoms with Crippen LogP contribution in [-0.4, -0.2) is 36.3 Å². The van der Waals surface area contributed by atoms with Gasteiger partial charge in [-0.2, -0.15) is 15.8 Å². The fourth-order valence-electron chi connectivity index (χ4n) is 4.34. The van der Waals surface area contributed by atoms with Crippen LogP contribution in [0, 0.1) is 17.2 Å². The fraction of sp³-hybridized carbons (Fsp3) is 0.348. The molecule has 1 amide bonds. The number of carbonyl (C=O) groups is 1. The predicted molar refractivity (Wildman–Crippen MR) is 128 cm³/mol. The van der Waals surface area contributed by atoms with E-state index in [9.17, 15) is 10.1 Å². The molecule has 1 N–H and O–H groups in total. The van der Waals surface area contributed by atoms with Gasteiger partial charge in [-0.3, -0.25) is 9.80 Å². The molecule has 0 saturated carbocycles. The fourth-order valence-corrected chi connectivity index (χ4v) is 4.96. The van der Waals surface area contributed by atoms with Crippen LogP contribution in [-0.2, 0) is 4.79 Å². The van der Waals surface area contributed by atoms with Gasteiger partial charge in [0, 0.05) is 10.0 Å². The molecule has 2 aromatic carbocycles. The predicted octanol–water partition coefficient (Wildman–Crippen LogP) is 2.37. The van der Waals surface area contributed by atoms with Crippen molar-refractivity contribution in [2.75, 3.05) is 25.1 Å². The number of benzene rings is 2. The molecule has 0 spiro atoms. The van der Waals surface area contributed by atoms with Crippen molar-refractivity contribution in [2.24, 2.45) is 11.0 Å². The Kier molecular flexibility index (Phi) is 8.51. The molecule has 174 valence electrons. The lowest BCUT2D eigenvalue weighted by atomic mass is 9.90. The maximum Gasteiger partial charge on any atom is 0.313 e. The quantitative estimate of drug-likeness (QED) is 0.423. The van der Waals surface area contributed by atoms with Crippen molar-refractivity contribution in [3.05, 3.63) is 63.1 Å². The number of likely N-dealkylation sites (tertiary alicyclic amines) is 1. The van der Waals surface area contributed by atoms with E-state index in [2.05, 4.69) is 16.6 Å². The van der Waals surface area contributed by atoms with Gasteiger partial charge in [0.25, 0.3) is 0 Å². The van der Waals surface area contributed by atoms with E-state index >= 15 is 0 Å². The first-order valence-corrected chi connectivity index (χ1v) is 11.6. The van der Waals surface area contributed by atoms with Crippen LogP contribution in [0.3, 0.4) is 0 Å². The third kappa shape index (κ3) is 5.57. The van der Waals surface area contributed by atoms with Gasteiger partial charge in [-0.1, -0.05) is 46.9 Å². The van der Waals surface area contributed by atoms with Crippen molar-refractivity contribution in [1.29, 1.82) is 5.26 Å². The van der Waals surface area contributed by atoms with E-state index in [0.29, 0.717) is 25.3 Å². The van der Waals surface area contributed by atoms with Gasteiger partial charge in [0.2, 0.25) is 0 Å². The molecule has 10 heteroatoms. The molecule has 2 aliphatic heterocycles. The minimum Gasteiger partial charge on any atom is -1.00 e. The van der Waals surface area contributed by atoms with E-state index in [1.807, 2.05) is 19.2 Å². The number of nitriles is 1. The third-order valence-electron chi connectivity index (χ3n) is 6.00. The number of hydrogen-bond acceptors (Lipinski definition) is 4. The number of nitrogens with zero attached hydrogens (tertiary/aromatic N) is 4. The topological polar surface area (TPSA) is 68.5 Å². The van der Waals surface area contributed by atoms with Crippen molar-refractivity contribution < 1.29 is 33.4 Å². The Morgan fingerprint density at radius 2 is 1.73 bits per heavy atom. The SMILES string of the molecule is C[N+]1(NC(=O)C2=NN(c3ccc(Cl)cc3Cl)[C@@H](c3ccc(Cl)cc3)[C@H]2C#N)CCCCC1.[I-]. The molecular formula is C23H23Cl3IN5O. The molecule has 0 bridgehead atoms. The molecule has 1 fully saturated rings. The summed E-state index contributed by atoms with van der Waals surface area (Å²) < 4.78 is 0.434. The number of anilines is 1. The first-order valence-electron chi connectivity index (χ1n) is 10.5. The summed E-state index contributed by atoms with van der Waals surface area (Å²) in [6.07, 6.45) is 3.25. The largest absolute Gasteiger partial charge is 1.00 e. The molecule has 1 saturated heterocycles. The zero-order chi connectivity index (χ0) is 22.9. The number of hydrazone groups is 1. The third-order valence-corrected chi connectivity index (χ3v) is 6.79. The molecule has 4 rings (SSSR count). The summed E-state index contributed by atoms with van der Waals surface area (Å²) in [5, 5.41) is 17.8. The minimum atomic E-state index is -0.792. The van der Waals surface area contributed by atoms with E-state index in [0.717, 1.165) is 37.9 Å². The van der Waals surface area contributed by atoms with Gasteiger partial charge in [0.1, 0.15) is 24.7 Å². The van der Waals surface area contributed by atoms with Crippen LogP contribution in [0.15, 0.2) is 47.6 Å². The zero-order valence-corrected chi connectivity index (χ0v) is 22.4. The summed E-state index contributed by atoms with van der Waals surface area (Å²) in [6.45, 7) is 1.70. The van der Waals surface area contributed by atoms with Crippen LogP contribution in [0.2, 0.25) is 15.1 Å². The monoisotopic (exact) mass is 617 g/mol. The number of piperidine rings is 1. The molecular weight excluding hydrogens is 596 g/mol. The van der Waals surface area contributed by atoms with Gasteiger partial charge in [0.05, 0.1) is 29.9 Å². The zero-order valence-electron chi connectivity index (χ0n) is 17.9. The van der Waals surface area contributed by atoms with E-state index in [-0.39, 0.29) is 35.6 Å². The van der Waals surface area contributed by atoms with Crippen LogP contribution in [0.4, 0.5) is 5.69 Å². The Morgan fingerprint density at radius 1 is 1.09 bits per heavy atom. The molecule has 2 aliphatic rings. The summed E-state index contributed by atoms with van der Waals surface area (Å²) in [5.74, 6) is -1.13. The van der Waals surface area contributed by atoms with Crippen LogP contribution in [0.1, 0.15) is 30.9 Å². The van der Waals surface area contributed by atoms with E-state index < -0.39 is 12.0 Å². The lowest BCUT2D eigenvalue weighted by Crippen LogP contribution is -3.00. The Hall–Kier alpha value is -1.57. The number of amides is 1. The van der Waals surface area contributed by atoms with Gasteiger partial charge in [-0.25, -0.2) is 4.59 Å². The van der Waals surface area contributed by atoms with E-state index in [1.165, 1.54) is 0 Å². The van der Waals surface area contributed by atoms with Gasteiger partial charge in [0.15, 0.2) is 0 Å². The first-order chi connectivity index (χ1) is 15.3. The second-order valence-corrected chi connectivity index (χ2v) is 9.65. The Bertz CT molecular complexity index is 1100. The lowest BCUT2D eigenvalue weighted by molar-refractivity contribution is -0.947. The second kappa shape index (κ2) is 10.8. The molecule has 33 heavy (non-hydrogen) atoms. The maximum atomic E-state index is 13.3. The Morgan fingerprint density at radius 3 is 2.33 bits per heavy atom. The van der Waals surface area contributed by atoms with Crippen molar-refractivity contribution in [2.45, 2.75) is 25.3 Å². The maximum absolute atomic E-state index is 13.3. The van der Waals surface area contributed by atoms with E-state index in [1.54, 1.807) is 35.3 Å². The van der Waals surface area contributed by atoms with Crippen LogP contribution in [0.25, 0.3) is 0 Å². The van der Waals surface area contributed by atoms with Crippen molar-refractivity contribution in [3.8, 4) is 6.07 Å². The standard InChI is InChI=1S/C23H22Cl3N5O.HI/c1-31(11-3-2-4-12-31)29-23(32)21-18(14-27)22(15-5-7-16(24)8-6-15)30(28-21)20-10-9-17(25)13-19(20)26;/h5-10,13,18,22H,2-4,11-12H2,1H3;1H/t18-,22-;/m0./s1. The highest BCUT2D eigenvalue weighted by Gasteiger charge is 2.44. The van der Waals surface area contributed by atoms with Gasteiger partial charge >= 0.3 is 5.91 Å². The molecule has 0 radical (unpaired) electrons. The molecule has 2 atom stereocenters. The summed E-state index contributed by atoms with van der Waals surface area (Å²) in [7, 11) is 2.00. The van der Waals surface area contributed by atoms with Crippen LogP contribution >= 0.6 is 34.8 Å². The van der Waals surface area contributed by atoms with Crippen molar-refractivity contribution in [1.82, 2.24) is 5.43 Å². The Labute approximate surface area is 225 Å². The number of quaternary nitrogens is 1. The number of halogens is 4. The summed E-state index contributed by atoms with van der Waals surface area (Å²) >= 11 is 18.6. The number of hydrogen-bond donors (Lipinski definition) is 1. The molecule has 0 aromatic heterocycles. The smallest absolute Gasteiger partial charge is 0.313 e.